The molecule has 0 radical (unpaired) electrons. The van der Waals surface area contributed by atoms with Gasteiger partial charge in [0.05, 0.1) is 5.69 Å². The molecule has 2 N–H and O–H groups in total. The lowest BCUT2D eigenvalue weighted by Gasteiger charge is -2.04. The highest BCUT2D eigenvalue weighted by atomic mass is 16.1. The van der Waals surface area contributed by atoms with Crippen molar-refractivity contribution in [2.75, 3.05) is 0 Å². The number of aromatic nitrogens is 3. The molecule has 5 nitrogen and oxygen atoms in total. The minimum atomic E-state index is -0.445. The number of hydrogen-bond acceptors (Lipinski definition) is 3. The number of nitrogens with two attached hydrogens (primary N) is 1. The summed E-state index contributed by atoms with van der Waals surface area (Å²) in [5.41, 5.74) is 12.5. The van der Waals surface area contributed by atoms with Crippen molar-refractivity contribution < 1.29 is 4.79 Å². The largest absolute Gasteiger partial charge is 0.366 e. The Bertz CT molecular complexity index is 952. The Labute approximate surface area is 147 Å². The van der Waals surface area contributed by atoms with Gasteiger partial charge in [0.1, 0.15) is 0 Å². The minimum absolute atomic E-state index is 0.445. The van der Waals surface area contributed by atoms with Gasteiger partial charge in [0, 0.05) is 29.4 Å². The van der Waals surface area contributed by atoms with Crippen LogP contribution in [0.4, 0.5) is 0 Å². The third kappa shape index (κ3) is 3.60. The van der Waals surface area contributed by atoms with Crippen LogP contribution in [0.15, 0.2) is 36.4 Å². The summed E-state index contributed by atoms with van der Waals surface area (Å²) < 4.78 is 1.94. The second-order valence-corrected chi connectivity index (χ2v) is 6.21. The van der Waals surface area contributed by atoms with Gasteiger partial charge in [0.2, 0.25) is 5.91 Å². The fraction of sp³-hybridized carbons (Fsp3) is 0.250. The molecule has 3 rings (SSSR count). The molecule has 0 aliphatic carbocycles. The van der Waals surface area contributed by atoms with Gasteiger partial charge >= 0.3 is 0 Å². The monoisotopic (exact) mass is 334 g/mol. The molecule has 2 aromatic heterocycles. The molecule has 0 spiro atoms. The number of nitrogens with zero attached hydrogens (tertiary/aromatic N) is 3. The van der Waals surface area contributed by atoms with Gasteiger partial charge in [-0.25, -0.2) is 9.50 Å². The van der Waals surface area contributed by atoms with Gasteiger partial charge in [-0.15, -0.1) is 0 Å². The number of aryl methyl sites for hydroxylation is 3. The molecule has 3 aromatic rings. The normalized spacial score (nSPS) is 11.5. The predicted octanol–water partition coefficient (Wildman–Crippen LogP) is 3.00. The van der Waals surface area contributed by atoms with E-state index < -0.39 is 5.91 Å². The van der Waals surface area contributed by atoms with E-state index in [1.165, 1.54) is 17.2 Å². The van der Waals surface area contributed by atoms with E-state index in [2.05, 4.69) is 26.0 Å². The maximum absolute atomic E-state index is 10.8. The highest BCUT2D eigenvalue weighted by Crippen LogP contribution is 2.21. The summed E-state index contributed by atoms with van der Waals surface area (Å²) in [5.74, 6) is -0.445. The van der Waals surface area contributed by atoms with Crippen LogP contribution in [-0.4, -0.2) is 20.5 Å². The maximum Gasteiger partial charge on any atom is 0.241 e. The molecule has 128 valence electrons. The van der Waals surface area contributed by atoms with Crippen LogP contribution in [0.2, 0.25) is 0 Å². The molecule has 5 heteroatoms. The zero-order valence-electron chi connectivity index (χ0n) is 14.8. The Morgan fingerprint density at radius 2 is 1.96 bits per heavy atom. The first-order valence-corrected chi connectivity index (χ1v) is 8.39. The van der Waals surface area contributed by atoms with Crippen LogP contribution in [0.25, 0.3) is 11.7 Å². The summed E-state index contributed by atoms with van der Waals surface area (Å²) in [6.07, 6.45) is 4.73. The Morgan fingerprint density at radius 3 is 2.60 bits per heavy atom. The number of fused-ring (bicyclic) bond motifs is 1. The van der Waals surface area contributed by atoms with E-state index in [1.807, 2.05) is 29.6 Å². The molecule has 0 saturated heterocycles. The van der Waals surface area contributed by atoms with E-state index in [0.717, 1.165) is 41.1 Å². The summed E-state index contributed by atoms with van der Waals surface area (Å²) in [6.45, 7) is 6.18. The maximum atomic E-state index is 10.8. The van der Waals surface area contributed by atoms with E-state index >= 15 is 0 Å². The topological polar surface area (TPSA) is 73.3 Å². The van der Waals surface area contributed by atoms with Crippen LogP contribution >= 0.6 is 0 Å². The second-order valence-electron chi connectivity index (χ2n) is 6.21. The second kappa shape index (κ2) is 6.89. The molecule has 0 atom stereocenters. The molecule has 0 unspecified atom stereocenters. The molecule has 0 bridgehead atoms. The summed E-state index contributed by atoms with van der Waals surface area (Å²) in [6, 6.07) is 10.1. The molecule has 2 heterocycles. The molecule has 25 heavy (non-hydrogen) atoms. The Kier molecular flexibility index (Phi) is 4.65. The molecule has 0 aliphatic heterocycles. The molecular weight excluding hydrogens is 312 g/mol. The Hall–Kier alpha value is -2.95. The lowest BCUT2D eigenvalue weighted by Crippen LogP contribution is -2.05. The lowest BCUT2D eigenvalue weighted by molar-refractivity contribution is -0.113. The highest BCUT2D eigenvalue weighted by molar-refractivity contribution is 5.90. The summed E-state index contributed by atoms with van der Waals surface area (Å²) in [4.78, 5) is 15.5. The average molecular weight is 334 g/mol. The highest BCUT2D eigenvalue weighted by Gasteiger charge is 2.15. The van der Waals surface area contributed by atoms with Crippen LogP contribution in [0.5, 0.6) is 0 Å². The standard InChI is InChI=1S/C20H22N4O/c1-4-18-17(20-22-13(2)11-14(3)24(20)23-18)12-16-7-5-15(6-8-16)9-10-19(21)25/h5-11H,4,12H2,1-3H3,(H2,21,25)/b10-9+. The fourth-order valence-corrected chi connectivity index (χ4v) is 3.00. The number of rotatable bonds is 5. The van der Waals surface area contributed by atoms with Crippen LogP contribution in [-0.2, 0) is 17.6 Å². The SMILES string of the molecule is CCc1nn2c(C)cc(C)nc2c1Cc1ccc(/C=C/C(N)=O)cc1. The van der Waals surface area contributed by atoms with Crippen molar-refractivity contribution in [1.82, 2.24) is 14.6 Å². The molecule has 1 aromatic carbocycles. The minimum Gasteiger partial charge on any atom is -0.366 e. The van der Waals surface area contributed by atoms with Gasteiger partial charge in [0.15, 0.2) is 5.65 Å². The molecule has 0 aliphatic rings. The Balaban J connectivity index is 1.96. The van der Waals surface area contributed by atoms with Crippen LogP contribution < -0.4 is 5.73 Å². The summed E-state index contributed by atoms with van der Waals surface area (Å²) in [7, 11) is 0. The van der Waals surface area contributed by atoms with Crippen molar-refractivity contribution in [2.24, 2.45) is 5.73 Å². The number of benzene rings is 1. The third-order valence-electron chi connectivity index (χ3n) is 4.21. The molecular formula is C20H22N4O. The summed E-state index contributed by atoms with van der Waals surface area (Å²) in [5, 5.41) is 4.73. The van der Waals surface area contributed by atoms with Crippen LogP contribution in [0.1, 0.15) is 40.7 Å². The first kappa shape index (κ1) is 16.9. The van der Waals surface area contributed by atoms with Gasteiger partial charge in [-0.05, 0) is 43.5 Å². The molecule has 1 amide bonds. The van der Waals surface area contributed by atoms with E-state index in [-0.39, 0.29) is 0 Å². The van der Waals surface area contributed by atoms with Crippen molar-refractivity contribution in [3.8, 4) is 0 Å². The van der Waals surface area contributed by atoms with Gasteiger partial charge in [-0.3, -0.25) is 4.79 Å². The van der Waals surface area contributed by atoms with Crippen molar-refractivity contribution in [2.45, 2.75) is 33.6 Å². The predicted molar refractivity (Wildman–Crippen MR) is 99.3 cm³/mol. The third-order valence-corrected chi connectivity index (χ3v) is 4.21. The first-order valence-electron chi connectivity index (χ1n) is 8.39. The fourth-order valence-electron chi connectivity index (χ4n) is 3.00. The number of primary amides is 1. The van der Waals surface area contributed by atoms with E-state index in [1.54, 1.807) is 6.08 Å². The van der Waals surface area contributed by atoms with Gasteiger partial charge in [-0.1, -0.05) is 31.2 Å². The zero-order chi connectivity index (χ0) is 18.0. The van der Waals surface area contributed by atoms with E-state index in [9.17, 15) is 4.79 Å². The van der Waals surface area contributed by atoms with Crippen LogP contribution in [0, 0.1) is 13.8 Å². The van der Waals surface area contributed by atoms with Crippen molar-refractivity contribution >= 4 is 17.6 Å². The quantitative estimate of drug-likeness (QED) is 0.729. The molecule has 0 fully saturated rings. The Morgan fingerprint density at radius 1 is 1.24 bits per heavy atom. The van der Waals surface area contributed by atoms with E-state index in [4.69, 9.17) is 15.8 Å². The lowest BCUT2D eigenvalue weighted by atomic mass is 10.0. The van der Waals surface area contributed by atoms with E-state index in [0.29, 0.717) is 0 Å². The smallest absolute Gasteiger partial charge is 0.241 e. The number of carbonyl (C=O) groups excluding carboxylic acids is 1. The average Bonchev–Trinajstić information content (AvgIpc) is 2.92. The first-order chi connectivity index (χ1) is 12.0. The zero-order valence-corrected chi connectivity index (χ0v) is 14.8. The van der Waals surface area contributed by atoms with Crippen molar-refractivity contribution in [3.63, 3.8) is 0 Å². The number of amides is 1. The summed E-state index contributed by atoms with van der Waals surface area (Å²) >= 11 is 0. The number of carbonyl (C=O) groups is 1. The van der Waals surface area contributed by atoms with Crippen LogP contribution in [0.3, 0.4) is 0 Å². The van der Waals surface area contributed by atoms with Gasteiger partial charge < -0.3 is 5.73 Å². The number of hydrogen-bond donors (Lipinski definition) is 1. The van der Waals surface area contributed by atoms with Gasteiger partial charge in [0.25, 0.3) is 0 Å². The van der Waals surface area contributed by atoms with Crippen molar-refractivity contribution in [3.05, 3.63) is 70.2 Å². The molecule has 0 saturated carbocycles. The van der Waals surface area contributed by atoms with Crippen molar-refractivity contribution in [1.29, 1.82) is 0 Å². The van der Waals surface area contributed by atoms with Gasteiger partial charge in [-0.2, -0.15) is 5.10 Å².